The fraction of sp³-hybridized carbons (Fsp3) is 0.125. The summed E-state index contributed by atoms with van der Waals surface area (Å²) < 4.78 is 0. The van der Waals surface area contributed by atoms with Gasteiger partial charge in [0.2, 0.25) is 0 Å². The first-order chi connectivity index (χ1) is 13.7. The van der Waals surface area contributed by atoms with Crippen LogP contribution in [0.4, 0.5) is 0 Å². The lowest BCUT2D eigenvalue weighted by Crippen LogP contribution is -3.08. The summed E-state index contributed by atoms with van der Waals surface area (Å²) >= 11 is 0. The third kappa shape index (κ3) is 3.97. The second-order valence-electron chi connectivity index (χ2n) is 7.08. The molecule has 0 bridgehead atoms. The number of aromatic amines is 1. The summed E-state index contributed by atoms with van der Waals surface area (Å²) in [6, 6.07) is 27.8. The van der Waals surface area contributed by atoms with Crippen molar-refractivity contribution in [2.24, 2.45) is 0 Å². The molecule has 0 saturated heterocycles. The van der Waals surface area contributed by atoms with E-state index in [1.807, 2.05) is 54.6 Å². The lowest BCUT2D eigenvalue weighted by Gasteiger charge is -2.20. The minimum atomic E-state index is -0.227. The molecular weight excluding hydrogens is 348 g/mol. The van der Waals surface area contributed by atoms with Gasteiger partial charge in [0.1, 0.15) is 30.9 Å². The van der Waals surface area contributed by atoms with Crippen LogP contribution in [-0.4, -0.2) is 10.1 Å². The average Bonchev–Trinajstić information content (AvgIpc) is 2.72. The lowest BCUT2D eigenvalue weighted by molar-refractivity contribution is -0.941. The summed E-state index contributed by atoms with van der Waals surface area (Å²) in [4.78, 5) is 16.8. The highest BCUT2D eigenvalue weighted by atomic mass is 16.3. The Morgan fingerprint density at radius 2 is 1.25 bits per heavy atom. The lowest BCUT2D eigenvalue weighted by atomic mass is 10.1. The zero-order chi connectivity index (χ0) is 19.3. The molecule has 1 heterocycles. The van der Waals surface area contributed by atoms with E-state index in [0.717, 1.165) is 13.1 Å². The number of fused-ring (bicyclic) bond motifs is 1. The Bertz CT molecular complexity index is 1080. The van der Waals surface area contributed by atoms with E-state index in [1.165, 1.54) is 16.0 Å². The Balaban J connectivity index is 1.69. The molecule has 0 fully saturated rings. The van der Waals surface area contributed by atoms with Gasteiger partial charge in [-0.05, 0) is 12.1 Å². The molecule has 4 nitrogen and oxygen atoms in total. The number of aromatic hydroxyl groups is 1. The second kappa shape index (κ2) is 8.11. The van der Waals surface area contributed by atoms with Crippen LogP contribution in [0.15, 0.2) is 89.7 Å². The van der Waals surface area contributed by atoms with Crippen molar-refractivity contribution in [2.75, 3.05) is 0 Å². The van der Waals surface area contributed by atoms with Gasteiger partial charge in [0, 0.05) is 16.5 Å². The maximum absolute atomic E-state index is 12.7. The zero-order valence-electron chi connectivity index (χ0n) is 15.6. The molecule has 4 rings (SSSR count). The number of quaternary nitrogens is 1. The largest absolute Gasteiger partial charge is 0.507 e. The number of H-pyrrole nitrogens is 1. The molecule has 1 aromatic heterocycles. The molecule has 0 saturated carbocycles. The van der Waals surface area contributed by atoms with Crippen LogP contribution in [0.2, 0.25) is 0 Å². The van der Waals surface area contributed by atoms with E-state index in [9.17, 15) is 9.90 Å². The molecule has 0 unspecified atom stereocenters. The Kier molecular flexibility index (Phi) is 5.22. The van der Waals surface area contributed by atoms with Gasteiger partial charge in [-0.2, -0.15) is 0 Å². The molecule has 3 aromatic carbocycles. The summed E-state index contributed by atoms with van der Waals surface area (Å²) in [7, 11) is 0. The van der Waals surface area contributed by atoms with Crippen molar-refractivity contribution < 1.29 is 10.0 Å². The molecule has 4 heteroatoms. The van der Waals surface area contributed by atoms with Crippen LogP contribution in [0.5, 0.6) is 5.75 Å². The van der Waals surface area contributed by atoms with Crippen molar-refractivity contribution in [1.29, 1.82) is 0 Å². The van der Waals surface area contributed by atoms with E-state index in [-0.39, 0.29) is 11.3 Å². The predicted molar refractivity (Wildman–Crippen MR) is 111 cm³/mol. The SMILES string of the molecule is O=c1[nH]c2ccccc2c(O)c1C[NH+](Cc1ccccc1)Cc1ccccc1. The number of rotatable bonds is 6. The molecule has 3 N–H and O–H groups in total. The molecule has 0 aliphatic carbocycles. The normalized spacial score (nSPS) is 11.2. The molecule has 4 aromatic rings. The fourth-order valence-electron chi connectivity index (χ4n) is 3.64. The number of aromatic nitrogens is 1. The van der Waals surface area contributed by atoms with Crippen molar-refractivity contribution in [3.05, 3.63) is 112 Å². The minimum Gasteiger partial charge on any atom is -0.507 e. The molecular formula is C24H23N2O2+. The zero-order valence-corrected chi connectivity index (χ0v) is 15.6. The third-order valence-corrected chi connectivity index (χ3v) is 5.01. The highest BCUT2D eigenvalue weighted by Crippen LogP contribution is 2.23. The maximum Gasteiger partial charge on any atom is 0.261 e. The van der Waals surface area contributed by atoms with Crippen LogP contribution in [0, 0.1) is 0 Å². The van der Waals surface area contributed by atoms with Crippen LogP contribution < -0.4 is 10.5 Å². The molecule has 0 atom stereocenters. The number of hydrogen-bond acceptors (Lipinski definition) is 2. The van der Waals surface area contributed by atoms with Crippen LogP contribution in [-0.2, 0) is 19.6 Å². The first-order valence-electron chi connectivity index (χ1n) is 9.45. The highest BCUT2D eigenvalue weighted by molar-refractivity contribution is 5.85. The van der Waals surface area contributed by atoms with Gasteiger partial charge in [-0.3, -0.25) is 4.79 Å². The van der Waals surface area contributed by atoms with Crippen molar-refractivity contribution in [2.45, 2.75) is 19.6 Å². The Labute approximate surface area is 163 Å². The molecule has 28 heavy (non-hydrogen) atoms. The van der Waals surface area contributed by atoms with Gasteiger partial charge in [0.25, 0.3) is 5.56 Å². The standard InChI is InChI=1S/C24H22N2O2/c27-23-20-13-7-8-14-22(20)25-24(28)21(23)17-26(15-18-9-3-1-4-10-18)16-19-11-5-2-6-12-19/h1-14H,15-17H2,(H2,25,27,28)/p+1. The van der Waals surface area contributed by atoms with Gasteiger partial charge in [-0.15, -0.1) is 0 Å². The van der Waals surface area contributed by atoms with Crippen molar-refractivity contribution in [3.63, 3.8) is 0 Å². The van der Waals surface area contributed by atoms with Gasteiger partial charge in [-0.1, -0.05) is 72.8 Å². The van der Waals surface area contributed by atoms with Crippen molar-refractivity contribution in [1.82, 2.24) is 4.98 Å². The van der Waals surface area contributed by atoms with E-state index in [4.69, 9.17) is 0 Å². The fourth-order valence-corrected chi connectivity index (χ4v) is 3.64. The summed E-state index contributed by atoms with van der Waals surface area (Å²) in [6.07, 6.45) is 0. The number of pyridine rings is 1. The topological polar surface area (TPSA) is 57.5 Å². The molecule has 0 radical (unpaired) electrons. The number of benzene rings is 3. The van der Waals surface area contributed by atoms with Crippen molar-refractivity contribution >= 4 is 10.9 Å². The number of hydrogen-bond donors (Lipinski definition) is 3. The smallest absolute Gasteiger partial charge is 0.261 e. The first-order valence-corrected chi connectivity index (χ1v) is 9.45. The highest BCUT2D eigenvalue weighted by Gasteiger charge is 2.19. The van der Waals surface area contributed by atoms with Crippen LogP contribution in [0.1, 0.15) is 16.7 Å². The van der Waals surface area contributed by atoms with E-state index < -0.39 is 0 Å². The monoisotopic (exact) mass is 371 g/mol. The van der Waals surface area contributed by atoms with Gasteiger partial charge < -0.3 is 15.0 Å². The predicted octanol–water partition coefficient (Wildman–Crippen LogP) is 3.02. The van der Waals surface area contributed by atoms with Crippen LogP contribution in [0.25, 0.3) is 10.9 Å². The van der Waals surface area contributed by atoms with E-state index in [0.29, 0.717) is 23.0 Å². The quantitative estimate of drug-likeness (QED) is 0.488. The number of nitrogens with one attached hydrogen (secondary N) is 2. The minimum absolute atomic E-state index is 0.0815. The van der Waals surface area contributed by atoms with E-state index in [2.05, 4.69) is 29.2 Å². The molecule has 140 valence electrons. The third-order valence-electron chi connectivity index (χ3n) is 5.01. The number of para-hydroxylation sites is 1. The molecule has 0 amide bonds. The Morgan fingerprint density at radius 3 is 1.86 bits per heavy atom. The van der Waals surface area contributed by atoms with Gasteiger partial charge in [0.05, 0.1) is 5.52 Å². The van der Waals surface area contributed by atoms with Crippen molar-refractivity contribution in [3.8, 4) is 5.75 Å². The van der Waals surface area contributed by atoms with Crippen LogP contribution >= 0.6 is 0 Å². The summed E-state index contributed by atoms with van der Waals surface area (Å²) in [5.74, 6) is 0.0815. The maximum atomic E-state index is 12.7. The molecule has 0 aliphatic rings. The van der Waals surface area contributed by atoms with Gasteiger partial charge in [0.15, 0.2) is 0 Å². The van der Waals surface area contributed by atoms with Crippen LogP contribution in [0.3, 0.4) is 0 Å². The average molecular weight is 371 g/mol. The summed E-state index contributed by atoms with van der Waals surface area (Å²) in [6.45, 7) is 1.97. The Morgan fingerprint density at radius 1 is 0.714 bits per heavy atom. The summed E-state index contributed by atoms with van der Waals surface area (Å²) in [5.41, 5.74) is 3.26. The second-order valence-corrected chi connectivity index (χ2v) is 7.08. The molecule has 0 spiro atoms. The molecule has 0 aliphatic heterocycles. The van der Waals surface area contributed by atoms with Gasteiger partial charge >= 0.3 is 0 Å². The van der Waals surface area contributed by atoms with E-state index in [1.54, 1.807) is 6.07 Å². The summed E-state index contributed by atoms with van der Waals surface area (Å²) in [5, 5.41) is 11.5. The van der Waals surface area contributed by atoms with Gasteiger partial charge in [-0.25, -0.2) is 0 Å². The first kappa shape index (κ1) is 18.0. The van der Waals surface area contributed by atoms with E-state index >= 15 is 0 Å². The Hall–Kier alpha value is -3.37.